The number of halogens is 1. The van der Waals surface area contributed by atoms with Crippen molar-refractivity contribution in [2.24, 2.45) is 0 Å². The minimum atomic E-state index is -0.562. The minimum absolute atomic E-state index is 0.0656. The van der Waals surface area contributed by atoms with Crippen LogP contribution in [0, 0.1) is 5.82 Å². The molecule has 2 aliphatic rings. The average Bonchev–Trinajstić information content (AvgIpc) is 3.08. The van der Waals surface area contributed by atoms with Crippen LogP contribution < -0.4 is 16.0 Å². The van der Waals surface area contributed by atoms with Gasteiger partial charge in [0.05, 0.1) is 22.0 Å². The van der Waals surface area contributed by atoms with Crippen LogP contribution in [0.2, 0.25) is 0 Å². The molecule has 0 unspecified atom stereocenters. The van der Waals surface area contributed by atoms with Crippen molar-refractivity contribution in [2.45, 2.75) is 19.3 Å². The van der Waals surface area contributed by atoms with E-state index < -0.39 is 11.7 Å². The highest BCUT2D eigenvalue weighted by Crippen LogP contribution is 2.32. The molecule has 0 spiro atoms. The molecule has 0 saturated carbocycles. The maximum absolute atomic E-state index is 13.9. The standard InChI is InChI=1S/C22H16FN3O2/c23-15-5-1-2-6-16(15)25-22(28)20-13-8-10-17-21(14(13)9-11-18(20)27)26-12-4-3-7-19(26)24-17/h1-7,10,12H,8-9,11H2,(H,25,28). The molecule has 0 saturated heterocycles. The Morgan fingerprint density at radius 1 is 1.07 bits per heavy atom. The number of Topliss-reactive ketones (excluding diaryl/α,β-unsaturated/α-hetero) is 1. The summed E-state index contributed by atoms with van der Waals surface area (Å²) in [5, 5.41) is 4.36. The van der Waals surface area contributed by atoms with E-state index in [1.165, 1.54) is 12.1 Å². The van der Waals surface area contributed by atoms with Gasteiger partial charge in [-0.2, -0.15) is 0 Å². The van der Waals surface area contributed by atoms with Crippen molar-refractivity contribution in [3.63, 3.8) is 0 Å². The summed E-state index contributed by atoms with van der Waals surface area (Å²) in [4.78, 5) is 30.2. The third kappa shape index (κ3) is 2.49. The van der Waals surface area contributed by atoms with E-state index in [2.05, 4.69) is 10.3 Å². The molecular formula is C22H16FN3O2. The van der Waals surface area contributed by atoms with E-state index in [0.717, 1.165) is 21.9 Å². The first-order chi connectivity index (χ1) is 13.6. The second kappa shape index (κ2) is 6.27. The fourth-order valence-electron chi connectivity index (χ4n) is 3.99. The van der Waals surface area contributed by atoms with Gasteiger partial charge in [-0.15, -0.1) is 0 Å². The monoisotopic (exact) mass is 373 g/mol. The number of imidazole rings is 1. The molecule has 0 fully saturated rings. The first kappa shape index (κ1) is 16.6. The number of hydrogen-bond donors (Lipinski definition) is 1. The predicted molar refractivity (Wildman–Crippen MR) is 103 cm³/mol. The number of nitrogens with zero attached hydrogens (tertiary/aromatic N) is 2. The van der Waals surface area contributed by atoms with Gasteiger partial charge in [-0.05, 0) is 48.3 Å². The summed E-state index contributed by atoms with van der Waals surface area (Å²) in [5.74, 6) is -1.31. The number of carbonyl (C=O) groups excluding carboxylic acids is 2. The molecule has 0 atom stereocenters. The zero-order valence-electron chi connectivity index (χ0n) is 14.9. The van der Waals surface area contributed by atoms with Crippen molar-refractivity contribution >= 4 is 34.7 Å². The van der Waals surface area contributed by atoms with Crippen LogP contribution in [-0.4, -0.2) is 21.1 Å². The topological polar surface area (TPSA) is 63.5 Å². The van der Waals surface area contributed by atoms with E-state index in [-0.39, 0.29) is 23.5 Å². The first-order valence-corrected chi connectivity index (χ1v) is 9.12. The number of aromatic nitrogens is 2. The van der Waals surface area contributed by atoms with E-state index in [1.807, 2.05) is 34.9 Å². The van der Waals surface area contributed by atoms with Gasteiger partial charge >= 0.3 is 0 Å². The molecule has 1 N–H and O–H groups in total. The summed E-state index contributed by atoms with van der Waals surface area (Å²) in [5.41, 5.74) is 2.69. The fraction of sp³-hybridized carbons (Fsp3) is 0.136. The number of anilines is 1. The van der Waals surface area contributed by atoms with Crippen LogP contribution in [-0.2, 0) is 9.59 Å². The highest BCUT2D eigenvalue weighted by Gasteiger charge is 2.31. The van der Waals surface area contributed by atoms with Crippen LogP contribution in [0.15, 0.2) is 59.8 Å². The molecule has 2 heterocycles. The zero-order chi connectivity index (χ0) is 19.3. The van der Waals surface area contributed by atoms with Gasteiger partial charge in [0, 0.05) is 12.6 Å². The van der Waals surface area contributed by atoms with E-state index in [9.17, 15) is 14.0 Å². The van der Waals surface area contributed by atoms with Crippen molar-refractivity contribution in [3.05, 3.63) is 76.3 Å². The summed E-state index contributed by atoms with van der Waals surface area (Å²) in [7, 11) is 0. The molecule has 2 aliphatic carbocycles. The molecule has 1 aromatic carbocycles. The van der Waals surface area contributed by atoms with Gasteiger partial charge in [-0.1, -0.05) is 24.3 Å². The Hall–Kier alpha value is -3.54. The molecule has 0 radical (unpaired) electrons. The van der Waals surface area contributed by atoms with Gasteiger partial charge in [-0.25, -0.2) is 9.37 Å². The molecule has 0 bridgehead atoms. The highest BCUT2D eigenvalue weighted by atomic mass is 19.1. The van der Waals surface area contributed by atoms with Gasteiger partial charge in [0.2, 0.25) is 0 Å². The molecule has 6 heteroatoms. The van der Waals surface area contributed by atoms with Crippen LogP contribution >= 0.6 is 0 Å². The quantitative estimate of drug-likeness (QED) is 0.700. The van der Waals surface area contributed by atoms with Crippen LogP contribution in [0.1, 0.15) is 19.3 Å². The fourth-order valence-corrected chi connectivity index (χ4v) is 3.99. The van der Waals surface area contributed by atoms with Crippen LogP contribution in [0.25, 0.3) is 17.3 Å². The molecule has 2 aromatic heterocycles. The Kier molecular flexibility index (Phi) is 3.72. The third-order valence-corrected chi connectivity index (χ3v) is 5.24. The number of pyridine rings is 1. The van der Waals surface area contributed by atoms with E-state index in [1.54, 1.807) is 12.1 Å². The Morgan fingerprint density at radius 2 is 1.89 bits per heavy atom. The zero-order valence-corrected chi connectivity index (χ0v) is 14.9. The normalized spacial score (nSPS) is 15.9. The SMILES string of the molecule is O=C1CCC2=c3c(nc4ccccn34)=CCC2=C1C(=O)Nc1ccccc1F. The van der Waals surface area contributed by atoms with E-state index >= 15 is 0 Å². The second-order valence-corrected chi connectivity index (χ2v) is 6.87. The van der Waals surface area contributed by atoms with Gasteiger partial charge < -0.3 is 5.32 Å². The summed E-state index contributed by atoms with van der Waals surface area (Å²) >= 11 is 0. The lowest BCUT2D eigenvalue weighted by molar-refractivity contribution is -0.120. The predicted octanol–water partition coefficient (Wildman–Crippen LogP) is 2.11. The van der Waals surface area contributed by atoms with Gasteiger partial charge in [0.25, 0.3) is 5.91 Å². The Balaban J connectivity index is 1.69. The summed E-state index contributed by atoms with van der Waals surface area (Å²) in [6, 6.07) is 11.7. The lowest BCUT2D eigenvalue weighted by Crippen LogP contribution is -2.36. The van der Waals surface area contributed by atoms with Crippen molar-refractivity contribution in [1.82, 2.24) is 9.38 Å². The number of rotatable bonds is 2. The summed E-state index contributed by atoms with van der Waals surface area (Å²) in [6.07, 6.45) is 5.14. The number of fused-ring (bicyclic) bond motifs is 4. The number of para-hydroxylation sites is 1. The number of benzene rings is 1. The lowest BCUT2D eigenvalue weighted by Gasteiger charge is -2.22. The summed E-state index contributed by atoms with van der Waals surface area (Å²) in [6.45, 7) is 0. The van der Waals surface area contributed by atoms with Crippen molar-refractivity contribution < 1.29 is 14.0 Å². The van der Waals surface area contributed by atoms with Gasteiger partial charge in [0.1, 0.15) is 11.5 Å². The minimum Gasteiger partial charge on any atom is -0.319 e. The number of ketones is 1. The van der Waals surface area contributed by atoms with Gasteiger partial charge in [-0.3, -0.25) is 14.0 Å². The number of carbonyl (C=O) groups is 2. The lowest BCUT2D eigenvalue weighted by atomic mass is 9.82. The van der Waals surface area contributed by atoms with Crippen LogP contribution in [0.5, 0.6) is 0 Å². The van der Waals surface area contributed by atoms with E-state index in [4.69, 9.17) is 0 Å². The molecule has 1 amide bonds. The molecule has 0 aliphatic heterocycles. The number of allylic oxidation sites excluding steroid dienone is 1. The first-order valence-electron chi connectivity index (χ1n) is 9.12. The third-order valence-electron chi connectivity index (χ3n) is 5.24. The maximum atomic E-state index is 13.9. The molecular weight excluding hydrogens is 357 g/mol. The largest absolute Gasteiger partial charge is 0.319 e. The van der Waals surface area contributed by atoms with Crippen molar-refractivity contribution in [1.29, 1.82) is 0 Å². The smallest absolute Gasteiger partial charge is 0.259 e. The van der Waals surface area contributed by atoms with Gasteiger partial charge in [0.15, 0.2) is 5.78 Å². The molecule has 138 valence electrons. The maximum Gasteiger partial charge on any atom is 0.259 e. The van der Waals surface area contributed by atoms with Crippen molar-refractivity contribution in [2.75, 3.05) is 5.32 Å². The van der Waals surface area contributed by atoms with E-state index in [0.29, 0.717) is 18.4 Å². The van der Waals surface area contributed by atoms with Crippen LogP contribution in [0.4, 0.5) is 10.1 Å². The summed E-state index contributed by atoms with van der Waals surface area (Å²) < 4.78 is 15.9. The highest BCUT2D eigenvalue weighted by molar-refractivity contribution is 6.26. The Morgan fingerprint density at radius 3 is 2.75 bits per heavy atom. The number of hydrogen-bond acceptors (Lipinski definition) is 3. The second-order valence-electron chi connectivity index (χ2n) is 6.87. The average molecular weight is 373 g/mol. The number of amides is 1. The Bertz CT molecular complexity index is 1320. The molecule has 5 nitrogen and oxygen atoms in total. The van der Waals surface area contributed by atoms with Crippen molar-refractivity contribution in [3.8, 4) is 0 Å². The molecule has 3 aromatic rings. The van der Waals surface area contributed by atoms with Crippen LogP contribution in [0.3, 0.4) is 0 Å². The Labute approximate surface area is 159 Å². The molecule has 5 rings (SSSR count). The number of nitrogens with one attached hydrogen (secondary N) is 1. The molecule has 28 heavy (non-hydrogen) atoms.